The van der Waals surface area contributed by atoms with Crippen molar-refractivity contribution in [1.82, 2.24) is 0 Å². The van der Waals surface area contributed by atoms with Gasteiger partial charge in [-0.25, -0.2) is 0 Å². The maximum atomic E-state index is 10.2. The highest BCUT2D eigenvalue weighted by Gasteiger charge is 2.46. The van der Waals surface area contributed by atoms with Crippen molar-refractivity contribution in [3.8, 4) is 0 Å². The Morgan fingerprint density at radius 1 is 0.724 bits per heavy atom. The molecule has 0 bridgehead atoms. The molecule has 2 fully saturated rings. The van der Waals surface area contributed by atoms with E-state index in [0.717, 1.165) is 5.56 Å². The van der Waals surface area contributed by atoms with Crippen LogP contribution in [0.25, 0.3) is 0 Å². The molecule has 1 aromatic carbocycles. The van der Waals surface area contributed by atoms with E-state index in [1.807, 2.05) is 30.3 Å². The first kappa shape index (κ1) is 22.5. The van der Waals surface area contributed by atoms with Gasteiger partial charge in [0, 0.05) is 0 Å². The second-order valence-electron chi connectivity index (χ2n) is 7.33. The Kier molecular flexibility index (Phi) is 7.57. The molecule has 0 saturated carbocycles. The zero-order valence-corrected chi connectivity index (χ0v) is 15.9. The summed E-state index contributed by atoms with van der Waals surface area (Å²) in [6.45, 7) is 1.30. The van der Waals surface area contributed by atoms with Crippen molar-refractivity contribution in [2.45, 2.75) is 74.9 Å². The summed E-state index contributed by atoms with van der Waals surface area (Å²) in [7, 11) is 0. The number of benzene rings is 1. The summed E-state index contributed by atoms with van der Waals surface area (Å²) in [4.78, 5) is 0. The predicted octanol–water partition coefficient (Wildman–Crippen LogP) is -2.15. The number of ether oxygens (including phenoxy) is 4. The van der Waals surface area contributed by atoms with Crippen LogP contribution in [0, 0.1) is 0 Å². The van der Waals surface area contributed by atoms with Gasteiger partial charge in [-0.3, -0.25) is 0 Å². The monoisotopic (exact) mass is 416 g/mol. The summed E-state index contributed by atoms with van der Waals surface area (Å²) in [5, 5.41) is 60.0. The van der Waals surface area contributed by atoms with Crippen molar-refractivity contribution in [3.63, 3.8) is 0 Å². The van der Waals surface area contributed by atoms with Crippen molar-refractivity contribution in [1.29, 1.82) is 0 Å². The lowest BCUT2D eigenvalue weighted by molar-refractivity contribution is -0.329. The lowest BCUT2D eigenvalue weighted by Gasteiger charge is -2.42. The third-order valence-electron chi connectivity index (χ3n) is 5.16. The minimum atomic E-state index is -1.54. The Hall–Kier alpha value is -1.18. The van der Waals surface area contributed by atoms with Gasteiger partial charge < -0.3 is 49.6 Å². The summed E-state index contributed by atoms with van der Waals surface area (Å²) in [6, 6.07) is 9.15. The molecule has 0 aliphatic carbocycles. The van der Waals surface area contributed by atoms with Crippen LogP contribution >= 0.6 is 0 Å². The zero-order valence-electron chi connectivity index (χ0n) is 15.9. The van der Waals surface area contributed by atoms with E-state index in [2.05, 4.69) is 0 Å². The van der Waals surface area contributed by atoms with Gasteiger partial charge in [0.1, 0.15) is 42.7 Å². The van der Waals surface area contributed by atoms with E-state index in [0.29, 0.717) is 0 Å². The van der Waals surface area contributed by atoms with Crippen LogP contribution in [0.3, 0.4) is 0 Å². The van der Waals surface area contributed by atoms with Crippen molar-refractivity contribution < 1.29 is 49.6 Å². The summed E-state index contributed by atoms with van der Waals surface area (Å²) in [5.74, 6) is 0. The van der Waals surface area contributed by atoms with E-state index in [1.165, 1.54) is 6.92 Å². The lowest BCUT2D eigenvalue weighted by Crippen LogP contribution is -2.61. The van der Waals surface area contributed by atoms with Crippen LogP contribution in [0.4, 0.5) is 0 Å². The fourth-order valence-electron chi connectivity index (χ4n) is 3.29. The summed E-state index contributed by atoms with van der Waals surface area (Å²) >= 11 is 0. The van der Waals surface area contributed by atoms with Crippen molar-refractivity contribution >= 4 is 0 Å². The molecule has 0 aromatic heterocycles. The van der Waals surface area contributed by atoms with E-state index >= 15 is 0 Å². The molecule has 2 aliphatic heterocycles. The average Bonchev–Trinajstić information content (AvgIpc) is 2.73. The van der Waals surface area contributed by atoms with Gasteiger partial charge in [-0.05, 0) is 12.5 Å². The molecule has 2 saturated heterocycles. The first-order valence-electron chi connectivity index (χ1n) is 9.46. The maximum absolute atomic E-state index is 10.2. The normalized spacial score (nSPS) is 43.3. The number of hydrogen-bond donors (Lipinski definition) is 6. The molecule has 0 unspecified atom stereocenters. The quantitative estimate of drug-likeness (QED) is 0.302. The van der Waals surface area contributed by atoms with Crippen LogP contribution in [0.5, 0.6) is 0 Å². The van der Waals surface area contributed by atoms with Crippen LogP contribution in [-0.4, -0.2) is 98.7 Å². The maximum Gasteiger partial charge on any atom is 0.187 e. The Balaban J connectivity index is 1.58. The highest BCUT2D eigenvalue weighted by Crippen LogP contribution is 2.26. The number of aliphatic hydroxyl groups excluding tert-OH is 6. The molecular formula is C19H28O10. The predicted molar refractivity (Wildman–Crippen MR) is 96.2 cm³/mol. The molecule has 10 atom stereocenters. The molecule has 3 rings (SSSR count). The second-order valence-corrected chi connectivity index (χ2v) is 7.33. The first-order chi connectivity index (χ1) is 13.8. The van der Waals surface area contributed by atoms with Gasteiger partial charge in [-0.15, -0.1) is 0 Å². The highest BCUT2D eigenvalue weighted by molar-refractivity contribution is 5.13. The molecule has 2 heterocycles. The third kappa shape index (κ3) is 5.12. The standard InChI is InChI=1S/C19H28O10/c1-9-12(20)14(22)16(24)18(28-9)27-8-11-13(21)15(23)17(25)19(29-11)26-7-10-5-3-2-4-6-10/h2-6,9,11-25H,7-8H2,1H3/t9-,11+,12+,13-,14-,15+,16-,17-,18-,19-/m1/s1. The Morgan fingerprint density at radius 2 is 1.31 bits per heavy atom. The van der Waals surface area contributed by atoms with Crippen molar-refractivity contribution in [2.75, 3.05) is 6.61 Å². The van der Waals surface area contributed by atoms with E-state index in [4.69, 9.17) is 18.9 Å². The minimum absolute atomic E-state index is 0.116. The smallest absolute Gasteiger partial charge is 0.187 e. The number of hydrogen-bond acceptors (Lipinski definition) is 10. The van der Waals surface area contributed by atoms with Crippen molar-refractivity contribution in [2.24, 2.45) is 0 Å². The summed E-state index contributed by atoms with van der Waals surface area (Å²) < 4.78 is 21.8. The zero-order chi connectivity index (χ0) is 21.1. The van der Waals surface area contributed by atoms with Crippen LogP contribution in [0.2, 0.25) is 0 Å². The fraction of sp³-hybridized carbons (Fsp3) is 0.684. The Bertz CT molecular complexity index is 631. The van der Waals surface area contributed by atoms with E-state index in [1.54, 1.807) is 0 Å². The summed E-state index contributed by atoms with van der Waals surface area (Å²) in [6.07, 6.45) is -13.1. The molecule has 6 N–H and O–H groups in total. The topological polar surface area (TPSA) is 158 Å². The largest absolute Gasteiger partial charge is 0.388 e. The molecule has 10 nitrogen and oxygen atoms in total. The van der Waals surface area contributed by atoms with Gasteiger partial charge in [-0.1, -0.05) is 30.3 Å². The molecule has 0 spiro atoms. The van der Waals surface area contributed by atoms with Gasteiger partial charge in [0.25, 0.3) is 0 Å². The summed E-state index contributed by atoms with van der Waals surface area (Å²) in [5.41, 5.74) is 0.831. The highest BCUT2D eigenvalue weighted by atomic mass is 16.7. The first-order valence-corrected chi connectivity index (χ1v) is 9.46. The lowest BCUT2D eigenvalue weighted by atomic mass is 9.98. The molecule has 2 aliphatic rings. The Morgan fingerprint density at radius 3 is 1.97 bits per heavy atom. The van der Waals surface area contributed by atoms with Gasteiger partial charge in [-0.2, -0.15) is 0 Å². The molecule has 29 heavy (non-hydrogen) atoms. The van der Waals surface area contributed by atoms with Gasteiger partial charge in [0.05, 0.1) is 19.3 Å². The van der Waals surface area contributed by atoms with E-state index < -0.39 is 61.4 Å². The molecule has 1 aromatic rings. The van der Waals surface area contributed by atoms with Gasteiger partial charge in [0.2, 0.25) is 0 Å². The second kappa shape index (κ2) is 9.75. The molecule has 0 radical (unpaired) electrons. The van der Waals surface area contributed by atoms with E-state index in [-0.39, 0.29) is 13.2 Å². The molecule has 10 heteroatoms. The number of rotatable bonds is 6. The molecular weight excluding hydrogens is 388 g/mol. The van der Waals surface area contributed by atoms with Crippen LogP contribution in [-0.2, 0) is 25.6 Å². The van der Waals surface area contributed by atoms with Crippen LogP contribution < -0.4 is 0 Å². The average molecular weight is 416 g/mol. The SMILES string of the molecule is C[C@H]1O[C@@H](OC[C@@H]2O[C@@H](OCc3ccccc3)[C@H](O)[C@@H](O)[C@@H]2O)[C@H](O)[C@H](O)[C@H]1O. The number of aliphatic hydroxyl groups is 6. The van der Waals surface area contributed by atoms with Crippen LogP contribution in [0.1, 0.15) is 12.5 Å². The third-order valence-corrected chi connectivity index (χ3v) is 5.16. The van der Waals surface area contributed by atoms with Crippen LogP contribution in [0.15, 0.2) is 30.3 Å². The van der Waals surface area contributed by atoms with Gasteiger partial charge >= 0.3 is 0 Å². The molecule has 0 amide bonds. The molecule has 164 valence electrons. The Labute approximate surface area is 167 Å². The van der Waals surface area contributed by atoms with Gasteiger partial charge in [0.15, 0.2) is 12.6 Å². The fourth-order valence-corrected chi connectivity index (χ4v) is 3.29. The van der Waals surface area contributed by atoms with Crippen molar-refractivity contribution in [3.05, 3.63) is 35.9 Å². The minimum Gasteiger partial charge on any atom is -0.388 e. The van der Waals surface area contributed by atoms with E-state index in [9.17, 15) is 30.6 Å².